The molecule has 4 aromatic heterocycles. The first kappa shape index (κ1) is 94.2. The average molecular weight is 1490 g/mol. The Morgan fingerprint density at radius 2 is 0.863 bits per heavy atom. The van der Waals surface area contributed by atoms with Crippen molar-refractivity contribution in [3.05, 3.63) is 47.6 Å². The number of halogens is 11. The molecule has 0 bridgehead atoms. The molecular formula is C58H85F11N14O19. The van der Waals surface area contributed by atoms with E-state index in [9.17, 15) is 116 Å². The van der Waals surface area contributed by atoms with Gasteiger partial charge in [0.25, 0.3) is 0 Å². The van der Waals surface area contributed by atoms with Gasteiger partial charge in [-0.2, -0.15) is 26.3 Å². The maximum absolute atomic E-state index is 13.3. The Morgan fingerprint density at radius 3 is 1.17 bits per heavy atom. The number of aliphatic carboxylic acids is 6. The number of nitrogens with zero attached hydrogens (tertiary/aromatic N) is 12. The molecule has 0 unspecified atom stereocenters. The predicted molar refractivity (Wildman–Crippen MR) is 328 cm³/mol. The minimum Gasteiger partial charge on any atom is -0.481 e. The summed E-state index contributed by atoms with van der Waals surface area (Å²) in [6, 6.07) is -3.31. The fourth-order valence-corrected chi connectivity index (χ4v) is 7.64. The average Bonchev–Trinajstić information content (AvgIpc) is 1.86. The predicted octanol–water partition coefficient (Wildman–Crippen LogP) is 4.59. The summed E-state index contributed by atoms with van der Waals surface area (Å²) in [7, 11) is -1.00. The maximum Gasteiger partial charge on any atom is 0.423 e. The Labute approximate surface area is 576 Å². The molecule has 0 spiro atoms. The number of ketones is 4. The summed E-state index contributed by atoms with van der Waals surface area (Å²) < 4.78 is 134. The van der Waals surface area contributed by atoms with Crippen LogP contribution in [0.5, 0.6) is 0 Å². The molecule has 578 valence electrons. The first-order valence-electron chi connectivity index (χ1n) is 31.4. The van der Waals surface area contributed by atoms with Crippen molar-refractivity contribution in [1.29, 1.82) is 0 Å². The van der Waals surface area contributed by atoms with Crippen LogP contribution in [0.25, 0.3) is 0 Å². The third kappa shape index (κ3) is 45.8. The van der Waals surface area contributed by atoms with Gasteiger partial charge in [0.2, 0.25) is 17.9 Å². The van der Waals surface area contributed by atoms with E-state index >= 15 is 0 Å². The molecule has 4 atom stereocenters. The van der Waals surface area contributed by atoms with E-state index in [-0.39, 0.29) is 51.5 Å². The number of carbonyl (C=O) groups excluding carboxylic acids is 6. The largest absolute Gasteiger partial charge is 0.481 e. The van der Waals surface area contributed by atoms with Gasteiger partial charge < -0.3 is 46.4 Å². The second-order valence-corrected chi connectivity index (χ2v) is 21.2. The minimum absolute atomic E-state index is 0.116. The van der Waals surface area contributed by atoms with Gasteiger partial charge in [-0.15, -0.1) is 20.4 Å². The SMILES string of the molecule is CC.CC(C)[C@H](CC(=O)[C@H](CCC(=O)O)NC(=O)[C@H](CC(=O)O)CC(=O)Cn1cc(CCCF)nn1)C(=O)N[C@@H](CC(=O)O)C(=O)O.CCC(=O)Cn1cc(CCCF)nn1.O=C(O)CC(=O)Cn1cc(CCCF)nn1.O=C(O)Cn1cc(CCCF)nn1.OC(C(F)(F)F)C(F)(F)F.[2H]CF. The molecule has 0 aliphatic rings. The van der Waals surface area contributed by atoms with Crippen LogP contribution in [-0.2, 0) is 109 Å². The Balaban J connectivity index is -0.00000139. The van der Waals surface area contributed by atoms with Crippen LogP contribution in [-0.4, -0.2) is 231 Å². The van der Waals surface area contributed by atoms with Crippen molar-refractivity contribution in [2.75, 3.05) is 33.9 Å². The summed E-state index contributed by atoms with van der Waals surface area (Å²) in [6.07, 6.45) is -10.1. The van der Waals surface area contributed by atoms with Gasteiger partial charge in [0.15, 0.2) is 23.1 Å². The van der Waals surface area contributed by atoms with Gasteiger partial charge >= 0.3 is 48.2 Å². The lowest BCUT2D eigenvalue weighted by Crippen LogP contribution is -2.48. The molecule has 9 N–H and O–H groups in total. The first-order valence-corrected chi connectivity index (χ1v) is 30.7. The number of nitrogens with one attached hydrogen (secondary N) is 2. The van der Waals surface area contributed by atoms with Crippen molar-refractivity contribution in [2.24, 2.45) is 17.8 Å². The number of Topliss-reactive ketones (excluding diaryl/α,β-unsaturated/α-hetero) is 4. The van der Waals surface area contributed by atoms with E-state index in [0.717, 1.165) is 10.4 Å². The molecule has 2 amide bonds. The van der Waals surface area contributed by atoms with Crippen LogP contribution in [0.15, 0.2) is 24.8 Å². The summed E-state index contributed by atoms with van der Waals surface area (Å²) >= 11 is 0. The van der Waals surface area contributed by atoms with E-state index in [0.29, 0.717) is 62.0 Å². The number of amides is 2. The van der Waals surface area contributed by atoms with Crippen LogP contribution in [0.2, 0.25) is 0 Å². The number of carboxylic acids is 6. The summed E-state index contributed by atoms with van der Waals surface area (Å²) in [5.41, 5.74) is 2.39. The van der Waals surface area contributed by atoms with Crippen molar-refractivity contribution in [3.8, 4) is 0 Å². The molecule has 4 aromatic rings. The number of carbonyl (C=O) groups is 12. The third-order valence-corrected chi connectivity index (χ3v) is 12.5. The zero-order valence-corrected chi connectivity index (χ0v) is 56.0. The molecule has 4 heterocycles. The van der Waals surface area contributed by atoms with Gasteiger partial charge in [0, 0.05) is 56.4 Å². The highest BCUT2D eigenvalue weighted by molar-refractivity contribution is 5.96. The zero-order valence-electron chi connectivity index (χ0n) is 57.0. The van der Waals surface area contributed by atoms with Gasteiger partial charge in [0.1, 0.15) is 38.6 Å². The number of aromatic nitrogens is 12. The van der Waals surface area contributed by atoms with E-state index < -0.39 is 185 Å². The van der Waals surface area contributed by atoms with Crippen LogP contribution in [0.4, 0.5) is 48.3 Å². The molecule has 33 nitrogen and oxygen atoms in total. The fraction of sp³-hybridized carbons (Fsp3) is 0.655. The molecule has 0 aliphatic carbocycles. The molecule has 0 aromatic carbocycles. The molecule has 0 aliphatic heterocycles. The maximum atomic E-state index is 13.3. The number of hydrogen-bond acceptors (Lipinski definition) is 21. The van der Waals surface area contributed by atoms with Gasteiger partial charge in [-0.1, -0.05) is 55.5 Å². The number of aliphatic hydroxyl groups excluding tert-OH is 1. The topological polar surface area (TPSA) is 493 Å². The second-order valence-electron chi connectivity index (χ2n) is 21.2. The van der Waals surface area contributed by atoms with Crippen LogP contribution in [0, 0.1) is 17.8 Å². The van der Waals surface area contributed by atoms with Crippen molar-refractivity contribution in [3.63, 3.8) is 0 Å². The van der Waals surface area contributed by atoms with E-state index in [1.54, 1.807) is 6.20 Å². The van der Waals surface area contributed by atoms with Gasteiger partial charge in [-0.3, -0.25) is 74.7 Å². The van der Waals surface area contributed by atoms with Crippen LogP contribution >= 0.6 is 0 Å². The summed E-state index contributed by atoms with van der Waals surface area (Å²) in [4.78, 5) is 140. The van der Waals surface area contributed by atoms with E-state index in [1.165, 1.54) is 46.5 Å². The second kappa shape index (κ2) is 53.1. The van der Waals surface area contributed by atoms with Crippen molar-refractivity contribution in [1.82, 2.24) is 70.6 Å². The number of aliphatic hydroxyl groups is 1. The quantitative estimate of drug-likeness (QED) is 0.0217. The molecule has 102 heavy (non-hydrogen) atoms. The Kier molecular flexibility index (Phi) is 49.1. The highest BCUT2D eigenvalue weighted by atomic mass is 19.4. The first-order chi connectivity index (χ1) is 48.2. The summed E-state index contributed by atoms with van der Waals surface area (Å²) in [5, 5.41) is 95.1. The van der Waals surface area contributed by atoms with Crippen LogP contribution in [0.1, 0.15) is 136 Å². The Hall–Kier alpha value is -9.81. The molecular weight excluding hydrogens is 1410 g/mol. The van der Waals surface area contributed by atoms with E-state index in [1.807, 2.05) is 20.8 Å². The molecule has 0 saturated carbocycles. The third-order valence-electron chi connectivity index (χ3n) is 12.5. The zero-order chi connectivity index (χ0) is 79.6. The van der Waals surface area contributed by atoms with Crippen molar-refractivity contribution in [2.45, 2.75) is 194 Å². The van der Waals surface area contributed by atoms with Gasteiger partial charge in [0.05, 0.1) is 82.8 Å². The van der Waals surface area contributed by atoms with Crippen molar-refractivity contribution < 1.29 is 143 Å². The number of aryl methyl sites for hydroxylation is 4. The van der Waals surface area contributed by atoms with Crippen LogP contribution < -0.4 is 10.6 Å². The minimum atomic E-state index is -5.63. The molecule has 0 saturated heterocycles. The highest BCUT2D eigenvalue weighted by Crippen LogP contribution is 2.32. The smallest absolute Gasteiger partial charge is 0.423 e. The highest BCUT2D eigenvalue weighted by Gasteiger charge is 2.55. The normalized spacial score (nSPS) is 12.0. The lowest BCUT2D eigenvalue weighted by atomic mass is 9.86. The Morgan fingerprint density at radius 1 is 0.500 bits per heavy atom. The molecule has 0 fully saturated rings. The fourth-order valence-electron chi connectivity index (χ4n) is 7.64. The summed E-state index contributed by atoms with van der Waals surface area (Å²) in [6.45, 7) is 6.69. The molecule has 44 heteroatoms. The lowest BCUT2D eigenvalue weighted by molar-refractivity contribution is -0.308. The van der Waals surface area contributed by atoms with Gasteiger partial charge in [-0.25, -0.2) is 23.5 Å². The standard InChI is InChI=1S/C27H38FN5O12.C9H12FN3O3.C9H14FN3O.C7H10FN3O2.C3H2F6O.C2H6.CH3F/c1-14(2)18(26(43)30-20(27(44)45)11-24(40)41)10-21(35)19(5-6-22(36)37)29-25(42)15(9-23(38)39)8-17(34)13-33-12-16(31-32-33)4-3-7-28;10-3-1-2-7-5-13(12-11-7)6-8(14)4-9(15)16;1-2-9(14)7-13-6-8(11-12-13)4-3-5-10;8-3-1-2-6-4-11(10-9-6)5-7(12)13;4-2(5,6)1(10)3(7,8)9;2*1-2/h12,14-15,18-20H,3-11,13H2,1-2H3,(H,29,42)(H,30,43)(H,36,37)(H,38,39)(H,40,41)(H,44,45);5H,1-4,6H2,(H,15,16);6H,2-5,7H2,1H3;4H,1-3,5H2,(H,12,13);1,10H;1-2H3;1H3/t15-,18-,19-,20-;;;;;;/m0....../s1/i;;;;;;1D. The molecule has 4 rings (SSSR count). The molecule has 0 radical (unpaired) electrons. The van der Waals surface area contributed by atoms with Gasteiger partial charge in [-0.05, 0) is 63.7 Å². The number of alkyl halides is 11. The number of carboxylic acid groups (broad SMARTS) is 6. The van der Waals surface area contributed by atoms with E-state index in [4.69, 9.17) is 26.9 Å². The van der Waals surface area contributed by atoms with E-state index in [2.05, 4.69) is 51.9 Å². The monoisotopic (exact) mass is 1490 g/mol. The van der Waals surface area contributed by atoms with Crippen molar-refractivity contribution >= 4 is 70.8 Å². The lowest BCUT2D eigenvalue weighted by Gasteiger charge is -2.25. The summed E-state index contributed by atoms with van der Waals surface area (Å²) in [5.74, 6) is -15.0. The number of rotatable bonds is 41. The Bertz CT molecular complexity index is 3200. The van der Waals surface area contributed by atoms with Crippen LogP contribution in [0.3, 0.4) is 0 Å². The number of hydrogen-bond donors (Lipinski definition) is 9.